The van der Waals surface area contributed by atoms with E-state index in [-0.39, 0.29) is 37.1 Å². The summed E-state index contributed by atoms with van der Waals surface area (Å²) in [6.45, 7) is 0. The number of carbonyl (C=O) groups excluding carboxylic acids is 1. The normalized spacial score (nSPS) is 18.5. The maximum Gasteiger partial charge on any atom is 0.356 e. The molecule has 2 N–H and O–H groups in total. The van der Waals surface area contributed by atoms with Crippen LogP contribution in [0.5, 0.6) is 0 Å². The van der Waals surface area contributed by atoms with E-state index in [0.717, 1.165) is 0 Å². The van der Waals surface area contributed by atoms with Crippen molar-refractivity contribution in [3.8, 4) is 0 Å². The Labute approximate surface area is 114 Å². The third-order valence-corrected chi connectivity index (χ3v) is 3.36. The predicted molar refractivity (Wildman–Crippen MR) is 66.7 cm³/mol. The number of carbonyl (C=O) groups is 2. The average molecular weight is 284 g/mol. The van der Waals surface area contributed by atoms with Gasteiger partial charge in [0.1, 0.15) is 0 Å². The van der Waals surface area contributed by atoms with Crippen molar-refractivity contribution in [1.29, 1.82) is 0 Å². The number of rotatable bonds is 3. The third kappa shape index (κ3) is 3.28. The van der Waals surface area contributed by atoms with Crippen molar-refractivity contribution in [3.63, 3.8) is 0 Å². The summed E-state index contributed by atoms with van der Waals surface area (Å²) in [7, 11) is 0. The lowest BCUT2D eigenvalue weighted by atomic mass is 9.86. The van der Waals surface area contributed by atoms with Gasteiger partial charge in [-0.3, -0.25) is 4.79 Å². The van der Waals surface area contributed by atoms with Gasteiger partial charge in [0.2, 0.25) is 11.8 Å². The van der Waals surface area contributed by atoms with E-state index in [9.17, 15) is 18.4 Å². The van der Waals surface area contributed by atoms with Gasteiger partial charge in [-0.25, -0.2) is 18.6 Å². The topological polar surface area (TPSA) is 79.3 Å². The van der Waals surface area contributed by atoms with E-state index in [1.54, 1.807) is 0 Å². The molecule has 2 rings (SSSR count). The second-order valence-corrected chi connectivity index (χ2v) is 4.82. The van der Waals surface area contributed by atoms with Crippen LogP contribution in [0.4, 0.5) is 14.5 Å². The Morgan fingerprint density at radius 1 is 1.35 bits per heavy atom. The number of aromatic nitrogens is 1. The van der Waals surface area contributed by atoms with Gasteiger partial charge in [0, 0.05) is 25.0 Å². The van der Waals surface area contributed by atoms with Crippen molar-refractivity contribution < 1.29 is 23.5 Å². The van der Waals surface area contributed by atoms with Crippen LogP contribution < -0.4 is 5.32 Å². The number of pyridine rings is 1. The van der Waals surface area contributed by atoms with Crippen LogP contribution in [0.2, 0.25) is 0 Å². The van der Waals surface area contributed by atoms with Crippen LogP contribution >= 0.6 is 0 Å². The largest absolute Gasteiger partial charge is 0.476 e. The summed E-state index contributed by atoms with van der Waals surface area (Å²) in [4.78, 5) is 26.6. The smallest absolute Gasteiger partial charge is 0.356 e. The van der Waals surface area contributed by atoms with Crippen LogP contribution in [0.25, 0.3) is 0 Å². The molecule has 1 saturated carbocycles. The molecule has 1 fully saturated rings. The van der Waals surface area contributed by atoms with Crippen molar-refractivity contribution in [2.75, 3.05) is 5.32 Å². The molecule has 0 aliphatic heterocycles. The van der Waals surface area contributed by atoms with Gasteiger partial charge in [-0.15, -0.1) is 0 Å². The Hall–Kier alpha value is -2.05. The molecular weight excluding hydrogens is 270 g/mol. The lowest BCUT2D eigenvalue weighted by Crippen LogP contribution is -2.32. The zero-order valence-corrected chi connectivity index (χ0v) is 10.6. The summed E-state index contributed by atoms with van der Waals surface area (Å²) in [6.07, 6.45) is 0.872. The van der Waals surface area contributed by atoms with Gasteiger partial charge in [0.25, 0.3) is 0 Å². The van der Waals surface area contributed by atoms with E-state index in [1.807, 2.05) is 0 Å². The number of nitrogens with one attached hydrogen (secondary N) is 1. The van der Waals surface area contributed by atoms with E-state index < -0.39 is 23.7 Å². The first-order valence-electron chi connectivity index (χ1n) is 6.26. The molecule has 1 aliphatic carbocycles. The third-order valence-electron chi connectivity index (χ3n) is 3.36. The standard InChI is InChI=1S/C13H14F2N2O3/c14-13(15)5-3-8(4-6-13)11(18)17-9-2-1-7-16-10(9)12(19)20/h1-2,7-8H,3-6H2,(H,17,18)(H,19,20). The van der Waals surface area contributed by atoms with Crippen LogP contribution in [0, 0.1) is 5.92 Å². The zero-order chi connectivity index (χ0) is 14.8. The summed E-state index contributed by atoms with van der Waals surface area (Å²) in [5.41, 5.74) is -0.177. The van der Waals surface area contributed by atoms with Crippen molar-refractivity contribution in [3.05, 3.63) is 24.0 Å². The fourth-order valence-electron chi connectivity index (χ4n) is 2.21. The maximum atomic E-state index is 13.0. The first-order valence-corrected chi connectivity index (χ1v) is 6.26. The number of carboxylic acid groups (broad SMARTS) is 1. The predicted octanol–water partition coefficient (Wildman–Crippen LogP) is 2.54. The van der Waals surface area contributed by atoms with Crippen LogP contribution in [0.3, 0.4) is 0 Å². The van der Waals surface area contributed by atoms with Gasteiger partial charge in [-0.05, 0) is 25.0 Å². The lowest BCUT2D eigenvalue weighted by molar-refractivity contribution is -0.124. The molecule has 1 aromatic rings. The van der Waals surface area contributed by atoms with Gasteiger partial charge in [0.05, 0.1) is 5.69 Å². The van der Waals surface area contributed by atoms with Crippen LogP contribution in [0.1, 0.15) is 36.2 Å². The monoisotopic (exact) mass is 284 g/mol. The number of amides is 1. The number of hydrogen-bond donors (Lipinski definition) is 2. The molecule has 0 atom stereocenters. The maximum absolute atomic E-state index is 13.0. The molecule has 5 nitrogen and oxygen atoms in total. The molecule has 7 heteroatoms. The van der Waals surface area contributed by atoms with E-state index in [1.165, 1.54) is 18.3 Å². The summed E-state index contributed by atoms with van der Waals surface area (Å²) < 4.78 is 26.0. The Morgan fingerprint density at radius 2 is 2.00 bits per heavy atom. The Balaban J connectivity index is 2.04. The number of halogens is 2. The molecule has 0 spiro atoms. The fraction of sp³-hybridized carbons (Fsp3) is 0.462. The highest BCUT2D eigenvalue weighted by atomic mass is 19.3. The van der Waals surface area contributed by atoms with Crippen molar-refractivity contribution in [2.45, 2.75) is 31.6 Å². The number of hydrogen-bond acceptors (Lipinski definition) is 3. The molecule has 20 heavy (non-hydrogen) atoms. The SMILES string of the molecule is O=C(O)c1ncccc1NC(=O)C1CCC(F)(F)CC1. The van der Waals surface area contributed by atoms with Gasteiger partial charge in [-0.2, -0.15) is 0 Å². The Kier molecular flexibility index (Phi) is 3.96. The lowest BCUT2D eigenvalue weighted by Gasteiger charge is -2.27. The van der Waals surface area contributed by atoms with E-state index in [4.69, 9.17) is 5.11 Å². The first-order chi connectivity index (χ1) is 9.39. The van der Waals surface area contributed by atoms with Crippen molar-refractivity contribution >= 4 is 17.6 Å². The molecule has 1 aliphatic rings. The molecule has 1 heterocycles. The minimum atomic E-state index is -2.70. The van der Waals surface area contributed by atoms with Crippen molar-refractivity contribution in [2.24, 2.45) is 5.92 Å². The van der Waals surface area contributed by atoms with Crippen LogP contribution in [-0.2, 0) is 4.79 Å². The molecule has 0 saturated heterocycles. The summed E-state index contributed by atoms with van der Waals surface area (Å²) in [5, 5.41) is 11.4. The number of nitrogens with zero attached hydrogens (tertiary/aromatic N) is 1. The highest BCUT2D eigenvalue weighted by Gasteiger charge is 2.37. The number of anilines is 1. The summed E-state index contributed by atoms with van der Waals surface area (Å²) in [5.74, 6) is -4.90. The quantitative estimate of drug-likeness (QED) is 0.894. The van der Waals surface area contributed by atoms with Crippen LogP contribution in [0.15, 0.2) is 18.3 Å². The number of aromatic carboxylic acids is 1. The first kappa shape index (κ1) is 14.4. The molecule has 0 bridgehead atoms. The highest BCUT2D eigenvalue weighted by Crippen LogP contribution is 2.36. The van der Waals surface area contributed by atoms with Gasteiger partial charge in [0.15, 0.2) is 5.69 Å². The van der Waals surface area contributed by atoms with Gasteiger partial charge >= 0.3 is 5.97 Å². The van der Waals surface area contributed by atoms with Crippen molar-refractivity contribution in [1.82, 2.24) is 4.98 Å². The second kappa shape index (κ2) is 5.52. The molecule has 0 unspecified atom stereocenters. The minimum Gasteiger partial charge on any atom is -0.476 e. The Morgan fingerprint density at radius 3 is 2.60 bits per heavy atom. The second-order valence-electron chi connectivity index (χ2n) is 4.82. The van der Waals surface area contributed by atoms with E-state index in [0.29, 0.717) is 0 Å². The number of carboxylic acids is 1. The summed E-state index contributed by atoms with van der Waals surface area (Å²) >= 11 is 0. The fourth-order valence-corrected chi connectivity index (χ4v) is 2.21. The van der Waals surface area contributed by atoms with E-state index >= 15 is 0 Å². The average Bonchev–Trinajstić information content (AvgIpc) is 2.38. The molecule has 0 radical (unpaired) electrons. The number of alkyl halides is 2. The van der Waals surface area contributed by atoms with Gasteiger partial charge in [-0.1, -0.05) is 0 Å². The van der Waals surface area contributed by atoms with Crippen LogP contribution in [-0.4, -0.2) is 27.9 Å². The van der Waals surface area contributed by atoms with Gasteiger partial charge < -0.3 is 10.4 Å². The Bertz CT molecular complexity index is 524. The molecule has 1 amide bonds. The minimum absolute atomic E-state index is 0.0855. The molecule has 1 aromatic heterocycles. The zero-order valence-electron chi connectivity index (χ0n) is 10.6. The summed E-state index contributed by atoms with van der Waals surface area (Å²) in [6, 6.07) is 2.92. The van der Waals surface area contributed by atoms with E-state index in [2.05, 4.69) is 10.3 Å². The highest BCUT2D eigenvalue weighted by molar-refractivity contribution is 5.99. The molecular formula is C13H14F2N2O3. The molecule has 0 aromatic carbocycles. The molecule has 108 valence electrons.